The molecule has 0 saturated carbocycles. The molecule has 1 aromatic heterocycles. The van der Waals surface area contributed by atoms with Gasteiger partial charge in [0.15, 0.2) is 0 Å². The van der Waals surface area contributed by atoms with Gasteiger partial charge < -0.3 is 9.84 Å². The Bertz CT molecular complexity index is 942. The Labute approximate surface area is 167 Å². The SMILES string of the molecule is COc1ccc(-c2ccc(C(F)(F)CC(Cc3ccncc3)C(=O)O)cc2)cc1. The predicted molar refractivity (Wildman–Crippen MR) is 106 cm³/mol. The van der Waals surface area contributed by atoms with Crippen LogP contribution in [0.25, 0.3) is 11.1 Å². The van der Waals surface area contributed by atoms with Crippen molar-refractivity contribution in [2.75, 3.05) is 7.11 Å². The van der Waals surface area contributed by atoms with E-state index in [-0.39, 0.29) is 12.0 Å². The number of aliphatic carboxylic acids is 1. The third-order valence-electron chi connectivity index (χ3n) is 4.81. The summed E-state index contributed by atoms with van der Waals surface area (Å²) in [7, 11) is 1.57. The van der Waals surface area contributed by atoms with E-state index in [1.165, 1.54) is 24.5 Å². The minimum Gasteiger partial charge on any atom is -0.497 e. The highest BCUT2D eigenvalue weighted by molar-refractivity contribution is 5.70. The van der Waals surface area contributed by atoms with E-state index in [4.69, 9.17) is 4.74 Å². The van der Waals surface area contributed by atoms with E-state index in [1.54, 1.807) is 43.5 Å². The van der Waals surface area contributed by atoms with Crippen LogP contribution in [0.1, 0.15) is 17.5 Å². The molecular formula is C23H21F2NO3. The first-order valence-corrected chi connectivity index (χ1v) is 9.13. The molecule has 6 heteroatoms. The number of nitrogens with zero attached hydrogens (tertiary/aromatic N) is 1. The van der Waals surface area contributed by atoms with Crippen molar-refractivity contribution in [3.8, 4) is 16.9 Å². The van der Waals surface area contributed by atoms with Gasteiger partial charge in [-0.1, -0.05) is 36.4 Å². The summed E-state index contributed by atoms with van der Waals surface area (Å²) < 4.78 is 34.7. The van der Waals surface area contributed by atoms with Crippen LogP contribution in [0.15, 0.2) is 73.1 Å². The van der Waals surface area contributed by atoms with Crippen LogP contribution in [0.2, 0.25) is 0 Å². The van der Waals surface area contributed by atoms with Crippen molar-refractivity contribution in [2.24, 2.45) is 5.92 Å². The molecule has 4 nitrogen and oxygen atoms in total. The van der Waals surface area contributed by atoms with E-state index < -0.39 is 24.2 Å². The summed E-state index contributed by atoms with van der Waals surface area (Å²) in [6.45, 7) is 0. The molecule has 0 radical (unpaired) electrons. The summed E-state index contributed by atoms with van der Waals surface area (Å²) in [5, 5.41) is 9.42. The zero-order valence-corrected chi connectivity index (χ0v) is 15.9. The van der Waals surface area contributed by atoms with E-state index in [0.29, 0.717) is 11.3 Å². The fourth-order valence-electron chi connectivity index (χ4n) is 3.17. The van der Waals surface area contributed by atoms with Crippen LogP contribution in [-0.2, 0) is 17.1 Å². The fourth-order valence-corrected chi connectivity index (χ4v) is 3.17. The number of hydrogen-bond acceptors (Lipinski definition) is 3. The molecule has 0 fully saturated rings. The number of carboxylic acids is 1. The summed E-state index contributed by atoms with van der Waals surface area (Å²) in [4.78, 5) is 15.4. The second kappa shape index (κ2) is 8.82. The predicted octanol–water partition coefficient (Wildman–Crippen LogP) is 5.18. The molecule has 1 heterocycles. The average Bonchev–Trinajstić information content (AvgIpc) is 2.74. The van der Waals surface area contributed by atoms with Crippen LogP contribution in [0, 0.1) is 5.92 Å². The zero-order valence-electron chi connectivity index (χ0n) is 15.9. The van der Waals surface area contributed by atoms with Crippen molar-refractivity contribution in [2.45, 2.75) is 18.8 Å². The lowest BCUT2D eigenvalue weighted by Crippen LogP contribution is -2.25. The highest BCUT2D eigenvalue weighted by Gasteiger charge is 2.37. The van der Waals surface area contributed by atoms with Crippen LogP contribution in [0.5, 0.6) is 5.75 Å². The largest absolute Gasteiger partial charge is 0.497 e. The number of pyridine rings is 1. The summed E-state index contributed by atoms with van der Waals surface area (Å²) >= 11 is 0. The van der Waals surface area contributed by atoms with Crippen molar-refractivity contribution >= 4 is 5.97 Å². The molecule has 1 unspecified atom stereocenters. The van der Waals surface area contributed by atoms with Gasteiger partial charge in [0.2, 0.25) is 0 Å². The molecule has 0 spiro atoms. The molecule has 3 rings (SSSR count). The standard InChI is InChI=1S/C23H21F2NO3/c1-29-21-8-4-18(5-9-21)17-2-6-20(7-3-17)23(24,25)15-19(22(27)28)14-16-10-12-26-13-11-16/h2-13,19H,14-15H2,1H3,(H,27,28). The molecular weight excluding hydrogens is 376 g/mol. The normalized spacial score (nSPS) is 12.4. The van der Waals surface area contributed by atoms with Gasteiger partial charge in [0.25, 0.3) is 5.92 Å². The monoisotopic (exact) mass is 397 g/mol. The van der Waals surface area contributed by atoms with Gasteiger partial charge in [0.1, 0.15) is 5.75 Å². The molecule has 1 atom stereocenters. The van der Waals surface area contributed by atoms with Gasteiger partial charge in [0.05, 0.1) is 13.0 Å². The molecule has 0 amide bonds. The molecule has 2 aromatic carbocycles. The molecule has 150 valence electrons. The first-order valence-electron chi connectivity index (χ1n) is 9.13. The van der Waals surface area contributed by atoms with Crippen molar-refractivity contribution < 1.29 is 23.4 Å². The van der Waals surface area contributed by atoms with E-state index in [0.717, 1.165) is 11.1 Å². The lowest BCUT2D eigenvalue weighted by molar-refractivity contribution is -0.145. The summed E-state index contributed by atoms with van der Waals surface area (Å²) in [6, 6.07) is 16.5. The Morgan fingerprint density at radius 1 is 1.00 bits per heavy atom. The summed E-state index contributed by atoms with van der Waals surface area (Å²) in [5.41, 5.74) is 2.13. The van der Waals surface area contributed by atoms with Gasteiger partial charge in [-0.2, -0.15) is 0 Å². The van der Waals surface area contributed by atoms with Gasteiger partial charge >= 0.3 is 5.97 Å². The van der Waals surface area contributed by atoms with Gasteiger partial charge in [-0.3, -0.25) is 9.78 Å². The fraction of sp³-hybridized carbons (Fsp3) is 0.217. The van der Waals surface area contributed by atoms with Crippen LogP contribution in [0.3, 0.4) is 0 Å². The number of benzene rings is 2. The number of halogens is 2. The molecule has 1 N–H and O–H groups in total. The quantitative estimate of drug-likeness (QED) is 0.569. The van der Waals surface area contributed by atoms with Crippen molar-refractivity contribution in [3.05, 3.63) is 84.2 Å². The molecule has 0 aliphatic carbocycles. The minimum absolute atomic E-state index is 0.0252. The van der Waals surface area contributed by atoms with Gasteiger partial charge in [-0.15, -0.1) is 0 Å². The Morgan fingerprint density at radius 3 is 2.07 bits per heavy atom. The van der Waals surface area contributed by atoms with Crippen LogP contribution >= 0.6 is 0 Å². The maximum Gasteiger partial charge on any atom is 0.307 e. The second-order valence-corrected chi connectivity index (χ2v) is 6.81. The number of rotatable bonds is 8. The number of carbonyl (C=O) groups is 1. The third kappa shape index (κ3) is 5.16. The van der Waals surface area contributed by atoms with E-state index in [1.807, 2.05) is 12.1 Å². The van der Waals surface area contributed by atoms with Gasteiger partial charge in [0, 0.05) is 24.4 Å². The van der Waals surface area contributed by atoms with E-state index in [9.17, 15) is 18.7 Å². The van der Waals surface area contributed by atoms with Gasteiger partial charge in [-0.05, 0) is 47.4 Å². The topological polar surface area (TPSA) is 59.4 Å². The Kier molecular flexibility index (Phi) is 6.22. The minimum atomic E-state index is -3.26. The molecule has 0 aliphatic rings. The van der Waals surface area contributed by atoms with E-state index >= 15 is 0 Å². The van der Waals surface area contributed by atoms with Gasteiger partial charge in [-0.25, -0.2) is 8.78 Å². The summed E-state index contributed by atoms with van der Waals surface area (Å²) in [6.07, 6.45) is 2.29. The first kappa shape index (κ1) is 20.5. The van der Waals surface area contributed by atoms with Crippen LogP contribution in [-0.4, -0.2) is 23.2 Å². The highest BCUT2D eigenvalue weighted by Crippen LogP contribution is 2.37. The van der Waals surface area contributed by atoms with E-state index in [2.05, 4.69) is 4.98 Å². The number of alkyl halides is 2. The Morgan fingerprint density at radius 2 is 1.55 bits per heavy atom. The van der Waals surface area contributed by atoms with Crippen molar-refractivity contribution in [1.29, 1.82) is 0 Å². The lowest BCUT2D eigenvalue weighted by atomic mass is 9.90. The number of carboxylic acid groups (broad SMARTS) is 1. The van der Waals surface area contributed by atoms with Crippen LogP contribution in [0.4, 0.5) is 8.78 Å². The Balaban J connectivity index is 1.75. The second-order valence-electron chi connectivity index (χ2n) is 6.81. The number of methoxy groups -OCH3 is 1. The highest BCUT2D eigenvalue weighted by atomic mass is 19.3. The number of hydrogen-bond donors (Lipinski definition) is 1. The van der Waals surface area contributed by atoms with Crippen molar-refractivity contribution in [1.82, 2.24) is 4.98 Å². The average molecular weight is 397 g/mol. The molecule has 0 saturated heterocycles. The molecule has 29 heavy (non-hydrogen) atoms. The van der Waals surface area contributed by atoms with Crippen LogP contribution < -0.4 is 4.74 Å². The number of aromatic nitrogens is 1. The molecule has 3 aromatic rings. The smallest absolute Gasteiger partial charge is 0.307 e. The first-order chi connectivity index (χ1) is 13.9. The third-order valence-corrected chi connectivity index (χ3v) is 4.81. The number of ether oxygens (including phenoxy) is 1. The maximum atomic E-state index is 14.8. The van der Waals surface area contributed by atoms with Crippen molar-refractivity contribution in [3.63, 3.8) is 0 Å². The molecule has 0 bridgehead atoms. The summed E-state index contributed by atoms with van der Waals surface area (Å²) in [5.74, 6) is -4.98. The Hall–Kier alpha value is -3.28. The maximum absolute atomic E-state index is 14.8. The zero-order chi connectivity index (χ0) is 20.9. The molecule has 0 aliphatic heterocycles. The lowest BCUT2D eigenvalue weighted by Gasteiger charge is -2.21.